The van der Waals surface area contributed by atoms with Gasteiger partial charge in [0.05, 0.1) is 25.4 Å². The first kappa shape index (κ1) is 38.5. The van der Waals surface area contributed by atoms with E-state index in [9.17, 15) is 24.9 Å². The van der Waals surface area contributed by atoms with Gasteiger partial charge in [0.1, 0.15) is 12.2 Å². The van der Waals surface area contributed by atoms with E-state index in [1.54, 1.807) is 32.1 Å². The summed E-state index contributed by atoms with van der Waals surface area (Å²) < 4.78 is 17.0. The van der Waals surface area contributed by atoms with E-state index in [2.05, 4.69) is 0 Å². The lowest BCUT2D eigenvalue weighted by Crippen LogP contribution is -2.45. The number of aliphatic hydroxyl groups is 3. The van der Waals surface area contributed by atoms with Gasteiger partial charge in [-0.2, -0.15) is 0 Å². The van der Waals surface area contributed by atoms with Crippen LogP contribution in [0.4, 0.5) is 0 Å². The molecule has 0 unspecified atom stereocenters. The molecule has 1 aliphatic heterocycles. The SMILES string of the molecule is COC1=CC(C)=C[C@@H](C)[C@@H](O)[C@@H](C)CC(C)=CC=C[C@H](OC)[C@@H]([C@@H](C)[C@@H](O)[C@H](C)C(=O)/C=C/[C@H](C)[C@H](O)C(C)C)OC1=O. The summed E-state index contributed by atoms with van der Waals surface area (Å²) in [6.07, 6.45) is 8.65. The number of ketones is 1. The number of esters is 1. The van der Waals surface area contributed by atoms with Gasteiger partial charge in [-0.15, -0.1) is 0 Å². The fourth-order valence-electron chi connectivity index (χ4n) is 5.43. The Hall–Kier alpha value is -2.52. The highest BCUT2D eigenvalue weighted by Gasteiger charge is 2.38. The molecular formula is C35H56O8. The maximum absolute atomic E-state index is 13.4. The summed E-state index contributed by atoms with van der Waals surface area (Å²) in [5.74, 6) is -2.96. The number of hydrogen-bond donors (Lipinski definition) is 3. The molecule has 0 aromatic rings. The standard InChI is InChI=1S/C35H56O8/c1-20(2)31(37)23(5)15-16-28(36)26(8)33(39)27(9)34-29(41-10)14-12-13-21(3)17-24(6)32(38)25(7)18-22(4)19-30(42-11)35(40)43-34/h12-16,18-20,23-27,29,31-34,37-39H,17H2,1-11H3/b14-12?,16-15+,21-13?,22-18?,30-19?/t23-,24-,25+,26+,27-,29-,31+,32-,33-,34+/m0/s1. The number of hydrogen-bond acceptors (Lipinski definition) is 8. The van der Waals surface area contributed by atoms with Gasteiger partial charge in [-0.25, -0.2) is 4.79 Å². The maximum Gasteiger partial charge on any atom is 0.373 e. The van der Waals surface area contributed by atoms with E-state index in [0.717, 1.165) is 11.1 Å². The molecule has 0 spiro atoms. The Balaban J connectivity index is 3.46. The van der Waals surface area contributed by atoms with E-state index in [1.165, 1.54) is 20.3 Å². The van der Waals surface area contributed by atoms with Crippen LogP contribution in [0.3, 0.4) is 0 Å². The van der Waals surface area contributed by atoms with Crippen molar-refractivity contribution in [3.05, 3.63) is 59.4 Å². The molecule has 0 amide bonds. The van der Waals surface area contributed by atoms with Gasteiger partial charge in [-0.1, -0.05) is 90.0 Å². The molecule has 43 heavy (non-hydrogen) atoms. The summed E-state index contributed by atoms with van der Waals surface area (Å²) >= 11 is 0. The molecule has 3 N–H and O–H groups in total. The molecule has 8 heteroatoms. The number of carbonyl (C=O) groups is 2. The third-order valence-corrected chi connectivity index (χ3v) is 8.40. The van der Waals surface area contributed by atoms with Gasteiger partial charge in [-0.3, -0.25) is 4.79 Å². The number of carbonyl (C=O) groups excluding carboxylic acids is 2. The van der Waals surface area contributed by atoms with Crippen LogP contribution in [0.15, 0.2) is 59.4 Å². The molecule has 0 saturated heterocycles. The lowest BCUT2D eigenvalue weighted by Gasteiger charge is -2.33. The zero-order chi connectivity index (χ0) is 33.0. The van der Waals surface area contributed by atoms with Crippen molar-refractivity contribution in [2.75, 3.05) is 14.2 Å². The minimum Gasteiger partial charge on any atom is -0.490 e. The fourth-order valence-corrected chi connectivity index (χ4v) is 5.43. The van der Waals surface area contributed by atoms with Gasteiger partial charge in [0.25, 0.3) is 0 Å². The van der Waals surface area contributed by atoms with Crippen LogP contribution in [0.5, 0.6) is 0 Å². The summed E-state index contributed by atoms with van der Waals surface area (Å²) in [4.78, 5) is 26.4. The molecule has 8 nitrogen and oxygen atoms in total. The first-order chi connectivity index (χ1) is 20.0. The summed E-state index contributed by atoms with van der Waals surface area (Å²) in [6.45, 7) is 16.7. The molecule has 0 bridgehead atoms. The smallest absolute Gasteiger partial charge is 0.373 e. The number of allylic oxidation sites excluding steroid dienone is 6. The van der Waals surface area contributed by atoms with Crippen LogP contribution in [0, 0.1) is 35.5 Å². The third kappa shape index (κ3) is 11.8. The molecule has 1 rings (SSSR count). The monoisotopic (exact) mass is 604 g/mol. The van der Waals surface area contributed by atoms with E-state index < -0.39 is 48.3 Å². The topological polar surface area (TPSA) is 123 Å². The van der Waals surface area contributed by atoms with Gasteiger partial charge in [0.15, 0.2) is 5.78 Å². The number of aliphatic hydroxyl groups excluding tert-OH is 3. The fraction of sp³-hybridized carbons (Fsp3) is 0.657. The quantitative estimate of drug-likeness (QED) is 0.226. The summed E-state index contributed by atoms with van der Waals surface area (Å²) in [5.41, 5.74) is 1.78. The molecule has 0 saturated carbocycles. The van der Waals surface area contributed by atoms with Gasteiger partial charge in [0, 0.05) is 30.8 Å². The largest absolute Gasteiger partial charge is 0.490 e. The lowest BCUT2D eigenvalue weighted by atomic mass is 9.84. The first-order valence-electron chi connectivity index (χ1n) is 15.3. The number of rotatable bonds is 10. The van der Waals surface area contributed by atoms with Crippen LogP contribution in [0.25, 0.3) is 0 Å². The van der Waals surface area contributed by atoms with E-state index in [-0.39, 0.29) is 35.2 Å². The van der Waals surface area contributed by atoms with Crippen LogP contribution < -0.4 is 0 Å². The Labute approximate surface area is 259 Å². The van der Waals surface area contributed by atoms with Crippen LogP contribution in [-0.4, -0.2) is 71.8 Å². The van der Waals surface area contributed by atoms with Crippen LogP contribution >= 0.6 is 0 Å². The Morgan fingerprint density at radius 2 is 1.70 bits per heavy atom. The summed E-state index contributed by atoms with van der Waals surface area (Å²) in [6, 6.07) is 0. The van der Waals surface area contributed by atoms with E-state index in [0.29, 0.717) is 6.42 Å². The van der Waals surface area contributed by atoms with Crippen LogP contribution in [0.2, 0.25) is 0 Å². The second kappa shape index (κ2) is 18.3. The third-order valence-electron chi connectivity index (χ3n) is 8.40. The Morgan fingerprint density at radius 1 is 1.07 bits per heavy atom. The van der Waals surface area contributed by atoms with Gasteiger partial charge < -0.3 is 29.5 Å². The molecule has 244 valence electrons. The average molecular weight is 605 g/mol. The number of ether oxygens (including phenoxy) is 3. The highest BCUT2D eigenvalue weighted by Crippen LogP contribution is 2.27. The maximum atomic E-state index is 13.4. The lowest BCUT2D eigenvalue weighted by molar-refractivity contribution is -0.162. The van der Waals surface area contributed by atoms with Crippen molar-refractivity contribution in [1.29, 1.82) is 0 Å². The average Bonchev–Trinajstić information content (AvgIpc) is 2.96. The van der Waals surface area contributed by atoms with E-state index in [1.807, 2.05) is 66.7 Å². The summed E-state index contributed by atoms with van der Waals surface area (Å²) in [7, 11) is 2.86. The minimum atomic E-state index is -1.17. The molecular weight excluding hydrogens is 548 g/mol. The highest BCUT2D eigenvalue weighted by molar-refractivity contribution is 5.92. The molecule has 1 aliphatic rings. The van der Waals surface area contributed by atoms with Gasteiger partial charge >= 0.3 is 5.97 Å². The van der Waals surface area contributed by atoms with E-state index >= 15 is 0 Å². The molecule has 0 radical (unpaired) electrons. The zero-order valence-corrected chi connectivity index (χ0v) is 28.0. The van der Waals surface area contributed by atoms with Crippen molar-refractivity contribution in [2.24, 2.45) is 35.5 Å². The van der Waals surface area contributed by atoms with Crippen molar-refractivity contribution < 1.29 is 39.1 Å². The van der Waals surface area contributed by atoms with E-state index in [4.69, 9.17) is 14.2 Å². The van der Waals surface area contributed by atoms with Crippen molar-refractivity contribution >= 4 is 11.8 Å². The minimum absolute atomic E-state index is 0.00159. The van der Waals surface area contributed by atoms with Crippen molar-refractivity contribution in [3.8, 4) is 0 Å². The van der Waals surface area contributed by atoms with Gasteiger partial charge in [-0.05, 0) is 44.3 Å². The van der Waals surface area contributed by atoms with Gasteiger partial charge in [0.2, 0.25) is 5.76 Å². The second-order valence-corrected chi connectivity index (χ2v) is 12.6. The predicted octanol–water partition coefficient (Wildman–Crippen LogP) is 5.34. The molecule has 0 fully saturated rings. The normalized spacial score (nSPS) is 28.3. The number of methoxy groups -OCH3 is 2. The first-order valence-corrected chi connectivity index (χ1v) is 15.3. The molecule has 1 heterocycles. The summed E-state index contributed by atoms with van der Waals surface area (Å²) in [5, 5.41) is 32.5. The molecule has 0 aromatic heterocycles. The number of cyclic esters (lactones) is 1. The highest BCUT2D eigenvalue weighted by atomic mass is 16.6. The van der Waals surface area contributed by atoms with Crippen LogP contribution in [-0.2, 0) is 23.8 Å². The van der Waals surface area contributed by atoms with Crippen molar-refractivity contribution in [1.82, 2.24) is 0 Å². The second-order valence-electron chi connectivity index (χ2n) is 12.6. The Kier molecular flexibility index (Phi) is 16.4. The predicted molar refractivity (Wildman–Crippen MR) is 170 cm³/mol. The van der Waals surface area contributed by atoms with Crippen LogP contribution in [0.1, 0.15) is 68.7 Å². The van der Waals surface area contributed by atoms with Crippen molar-refractivity contribution in [3.63, 3.8) is 0 Å². The zero-order valence-electron chi connectivity index (χ0n) is 28.0. The van der Waals surface area contributed by atoms with Crippen molar-refractivity contribution in [2.45, 2.75) is 99.3 Å². The molecule has 0 aliphatic carbocycles. The Morgan fingerprint density at radius 3 is 2.26 bits per heavy atom. The molecule has 0 aromatic carbocycles. The Bertz CT molecular complexity index is 1050. The molecule has 10 atom stereocenters.